The molecule has 31 heavy (non-hydrogen) atoms. The highest BCUT2D eigenvalue weighted by atomic mass is 79.9. The summed E-state index contributed by atoms with van der Waals surface area (Å²) in [6.45, 7) is 6.37. The molecule has 0 aliphatic carbocycles. The van der Waals surface area contributed by atoms with E-state index in [1.165, 1.54) is 16.2 Å². The summed E-state index contributed by atoms with van der Waals surface area (Å²) in [4.78, 5) is 31.7. The van der Waals surface area contributed by atoms with E-state index in [-0.39, 0.29) is 16.7 Å². The molecule has 2 aromatic carbocycles. The Morgan fingerprint density at radius 3 is 2.26 bits per heavy atom. The molecule has 4 rings (SSSR count). The Labute approximate surface area is 193 Å². The molecule has 1 saturated heterocycles. The van der Waals surface area contributed by atoms with Crippen LogP contribution < -0.4 is 4.90 Å². The number of anilines is 1. The molecule has 1 atom stereocenters. The van der Waals surface area contributed by atoms with Gasteiger partial charge >= 0.3 is 5.91 Å². The fourth-order valence-corrected chi connectivity index (χ4v) is 4.54. The second kappa shape index (κ2) is 8.05. The van der Waals surface area contributed by atoms with Gasteiger partial charge in [0.15, 0.2) is 5.13 Å². The minimum Gasteiger partial charge on any atom is -0.507 e. The highest BCUT2D eigenvalue weighted by molar-refractivity contribution is 9.10. The second-order valence-electron chi connectivity index (χ2n) is 8.36. The number of aliphatic hydroxyl groups is 1. The minimum atomic E-state index is -0.760. The third-order valence-electron chi connectivity index (χ3n) is 5.28. The van der Waals surface area contributed by atoms with Crippen molar-refractivity contribution in [2.45, 2.75) is 32.2 Å². The quantitative estimate of drug-likeness (QED) is 0.281. The van der Waals surface area contributed by atoms with Crippen LogP contribution in [0, 0.1) is 0 Å². The molecular formula is C24H21BrN2O3S. The van der Waals surface area contributed by atoms with Gasteiger partial charge in [-0.05, 0) is 28.7 Å². The first-order valence-corrected chi connectivity index (χ1v) is 11.4. The Hall–Kier alpha value is -2.77. The van der Waals surface area contributed by atoms with Gasteiger partial charge in [0.2, 0.25) is 0 Å². The number of benzene rings is 2. The first kappa shape index (κ1) is 21.5. The van der Waals surface area contributed by atoms with Crippen molar-refractivity contribution in [3.63, 3.8) is 0 Å². The molecule has 2 heterocycles. The molecule has 0 spiro atoms. The molecule has 1 fully saturated rings. The van der Waals surface area contributed by atoms with Crippen molar-refractivity contribution >= 4 is 49.8 Å². The van der Waals surface area contributed by atoms with Gasteiger partial charge in [-0.15, -0.1) is 11.3 Å². The average molecular weight is 497 g/mol. The fraction of sp³-hybridized carbons (Fsp3) is 0.208. The third-order valence-corrected chi connectivity index (χ3v) is 6.58. The number of hydrogen-bond donors (Lipinski definition) is 1. The van der Waals surface area contributed by atoms with Gasteiger partial charge < -0.3 is 5.11 Å². The van der Waals surface area contributed by atoms with E-state index in [4.69, 9.17) is 0 Å². The van der Waals surface area contributed by atoms with Crippen LogP contribution in [-0.4, -0.2) is 21.8 Å². The molecule has 1 aliphatic rings. The average Bonchev–Trinajstić information content (AvgIpc) is 3.34. The summed E-state index contributed by atoms with van der Waals surface area (Å²) in [5.74, 6) is -1.62. The lowest BCUT2D eigenvalue weighted by atomic mass is 9.85. The molecule has 1 aliphatic heterocycles. The number of ketones is 1. The topological polar surface area (TPSA) is 70.5 Å². The Bertz CT molecular complexity index is 1160. The number of rotatable bonds is 3. The predicted octanol–water partition coefficient (Wildman–Crippen LogP) is 5.83. The first-order chi connectivity index (χ1) is 14.7. The van der Waals surface area contributed by atoms with Gasteiger partial charge in [-0.2, -0.15) is 0 Å². The largest absolute Gasteiger partial charge is 0.507 e. The lowest BCUT2D eigenvalue weighted by molar-refractivity contribution is -0.132. The van der Waals surface area contributed by atoms with Crippen molar-refractivity contribution in [2.24, 2.45) is 0 Å². The Balaban J connectivity index is 1.90. The van der Waals surface area contributed by atoms with Gasteiger partial charge in [-0.1, -0.05) is 73.1 Å². The lowest BCUT2D eigenvalue weighted by Crippen LogP contribution is -2.29. The zero-order valence-electron chi connectivity index (χ0n) is 17.3. The second-order valence-corrected chi connectivity index (χ2v) is 10.2. The zero-order chi connectivity index (χ0) is 22.3. The van der Waals surface area contributed by atoms with Crippen LogP contribution >= 0.6 is 27.3 Å². The van der Waals surface area contributed by atoms with Crippen molar-refractivity contribution in [1.82, 2.24) is 4.98 Å². The highest BCUT2D eigenvalue weighted by Gasteiger charge is 2.48. The van der Waals surface area contributed by atoms with Crippen LogP contribution in [0.1, 0.15) is 43.5 Å². The normalized spacial score (nSPS) is 18.6. The Morgan fingerprint density at radius 1 is 1.06 bits per heavy atom. The standard InChI is InChI=1S/C24H21BrN2O3S/c1-24(2,3)16-8-4-14(5-9-16)19-18(20(28)15-6-10-17(25)11-7-15)21(29)22(30)27(19)23-26-12-13-31-23/h4-13,19,28H,1-3H3/t19-/m1/s1. The van der Waals surface area contributed by atoms with Crippen molar-refractivity contribution in [3.05, 3.63) is 86.8 Å². The van der Waals surface area contributed by atoms with Gasteiger partial charge in [-0.25, -0.2) is 4.98 Å². The summed E-state index contributed by atoms with van der Waals surface area (Å²) in [6.07, 6.45) is 1.59. The number of nitrogens with zero attached hydrogens (tertiary/aromatic N) is 2. The maximum Gasteiger partial charge on any atom is 0.301 e. The van der Waals surface area contributed by atoms with Gasteiger partial charge in [0.05, 0.1) is 11.6 Å². The van der Waals surface area contributed by atoms with Crippen molar-refractivity contribution in [2.75, 3.05) is 4.90 Å². The van der Waals surface area contributed by atoms with E-state index in [0.29, 0.717) is 10.7 Å². The van der Waals surface area contributed by atoms with E-state index in [1.807, 2.05) is 24.3 Å². The molecule has 1 aromatic heterocycles. The summed E-state index contributed by atoms with van der Waals surface area (Å²) in [6, 6.07) is 14.0. The summed E-state index contributed by atoms with van der Waals surface area (Å²) in [7, 11) is 0. The highest BCUT2D eigenvalue weighted by Crippen LogP contribution is 2.43. The lowest BCUT2D eigenvalue weighted by Gasteiger charge is -2.24. The number of carbonyl (C=O) groups is 2. The van der Waals surface area contributed by atoms with Gasteiger partial charge in [0, 0.05) is 21.6 Å². The first-order valence-electron chi connectivity index (χ1n) is 9.75. The van der Waals surface area contributed by atoms with Gasteiger partial charge in [-0.3, -0.25) is 14.5 Å². The molecule has 7 heteroatoms. The number of hydrogen-bond acceptors (Lipinski definition) is 5. The zero-order valence-corrected chi connectivity index (χ0v) is 19.7. The molecule has 158 valence electrons. The molecule has 3 aromatic rings. The van der Waals surface area contributed by atoms with Crippen LogP contribution in [0.2, 0.25) is 0 Å². The SMILES string of the molecule is CC(C)(C)c1ccc([C@@H]2C(=C(O)c3ccc(Br)cc3)C(=O)C(=O)N2c2nccs2)cc1. The number of halogens is 1. The number of thiazole rings is 1. The van der Waals surface area contributed by atoms with E-state index < -0.39 is 17.7 Å². The molecule has 5 nitrogen and oxygen atoms in total. The van der Waals surface area contributed by atoms with Crippen molar-refractivity contribution in [1.29, 1.82) is 0 Å². The number of amides is 1. The third kappa shape index (κ3) is 3.95. The van der Waals surface area contributed by atoms with E-state index in [1.54, 1.807) is 35.8 Å². The molecule has 1 N–H and O–H groups in total. The number of aromatic nitrogens is 1. The van der Waals surface area contributed by atoms with E-state index in [0.717, 1.165) is 15.6 Å². The predicted molar refractivity (Wildman–Crippen MR) is 126 cm³/mol. The van der Waals surface area contributed by atoms with E-state index in [2.05, 4.69) is 41.7 Å². The monoisotopic (exact) mass is 496 g/mol. The van der Waals surface area contributed by atoms with Crippen molar-refractivity contribution < 1.29 is 14.7 Å². The smallest absolute Gasteiger partial charge is 0.301 e. The maximum absolute atomic E-state index is 13.1. The van der Waals surface area contributed by atoms with Gasteiger partial charge in [0.25, 0.3) is 5.78 Å². The molecule has 0 unspecified atom stereocenters. The number of Topliss-reactive ketones (excluding diaryl/α,β-unsaturated/α-hetero) is 1. The van der Waals surface area contributed by atoms with Crippen LogP contribution in [0.15, 0.2) is 70.2 Å². The number of carbonyl (C=O) groups excluding carboxylic acids is 2. The van der Waals surface area contributed by atoms with Gasteiger partial charge in [0.1, 0.15) is 5.76 Å². The minimum absolute atomic E-state index is 0.0346. The van der Waals surface area contributed by atoms with E-state index >= 15 is 0 Å². The maximum atomic E-state index is 13.1. The fourth-order valence-electron chi connectivity index (χ4n) is 3.61. The summed E-state index contributed by atoms with van der Waals surface area (Å²) in [5, 5.41) is 13.2. The molecule has 0 radical (unpaired) electrons. The van der Waals surface area contributed by atoms with Crippen LogP contribution in [-0.2, 0) is 15.0 Å². The Morgan fingerprint density at radius 2 is 1.71 bits per heavy atom. The van der Waals surface area contributed by atoms with Crippen LogP contribution in [0.5, 0.6) is 0 Å². The Kier molecular flexibility index (Phi) is 5.58. The summed E-state index contributed by atoms with van der Waals surface area (Å²) in [5.41, 5.74) is 2.37. The summed E-state index contributed by atoms with van der Waals surface area (Å²) < 4.78 is 0.849. The van der Waals surface area contributed by atoms with Crippen molar-refractivity contribution in [3.8, 4) is 0 Å². The molecular weight excluding hydrogens is 476 g/mol. The molecule has 1 amide bonds. The van der Waals surface area contributed by atoms with Crippen LogP contribution in [0.4, 0.5) is 5.13 Å². The number of aliphatic hydroxyl groups excluding tert-OH is 1. The summed E-state index contributed by atoms with van der Waals surface area (Å²) >= 11 is 4.65. The molecule has 0 bridgehead atoms. The van der Waals surface area contributed by atoms with E-state index in [9.17, 15) is 14.7 Å². The molecule has 0 saturated carbocycles. The van der Waals surface area contributed by atoms with Crippen LogP contribution in [0.3, 0.4) is 0 Å². The van der Waals surface area contributed by atoms with Crippen LogP contribution in [0.25, 0.3) is 5.76 Å².